The number of anilines is 1. The number of furan rings is 1. The van der Waals surface area contributed by atoms with Crippen LogP contribution in [0.3, 0.4) is 0 Å². The van der Waals surface area contributed by atoms with Crippen LogP contribution < -0.4 is 5.73 Å². The van der Waals surface area contributed by atoms with Crippen LogP contribution in [0.15, 0.2) is 41.1 Å². The van der Waals surface area contributed by atoms with Gasteiger partial charge in [0, 0.05) is 18.0 Å². The van der Waals surface area contributed by atoms with Crippen molar-refractivity contribution in [3.63, 3.8) is 0 Å². The Hall–Kier alpha value is -2.30. The summed E-state index contributed by atoms with van der Waals surface area (Å²) in [5, 5.41) is 4.25. The van der Waals surface area contributed by atoms with E-state index in [0.717, 1.165) is 0 Å². The first-order valence-corrected chi connectivity index (χ1v) is 4.49. The van der Waals surface area contributed by atoms with E-state index in [9.17, 15) is 0 Å². The van der Waals surface area contributed by atoms with Gasteiger partial charge in [-0.2, -0.15) is 0 Å². The van der Waals surface area contributed by atoms with E-state index < -0.39 is 0 Å². The second kappa shape index (κ2) is 2.84. The summed E-state index contributed by atoms with van der Waals surface area (Å²) in [5.41, 5.74) is 7.02. The number of rotatable bonds is 1. The number of hydrogen-bond acceptors (Lipinski definition) is 4. The zero-order chi connectivity index (χ0) is 10.3. The van der Waals surface area contributed by atoms with Crippen molar-refractivity contribution in [1.29, 1.82) is 0 Å². The van der Waals surface area contributed by atoms with Gasteiger partial charge < -0.3 is 10.2 Å². The summed E-state index contributed by atoms with van der Waals surface area (Å²) in [6.07, 6.45) is 3.36. The van der Waals surface area contributed by atoms with E-state index in [4.69, 9.17) is 10.2 Å². The molecule has 0 radical (unpaired) electrons. The summed E-state index contributed by atoms with van der Waals surface area (Å²) in [5.74, 6) is 1.21. The van der Waals surface area contributed by atoms with Crippen LogP contribution in [0.4, 0.5) is 5.69 Å². The fourth-order valence-corrected chi connectivity index (χ4v) is 1.41. The van der Waals surface area contributed by atoms with Gasteiger partial charge >= 0.3 is 0 Å². The average Bonchev–Trinajstić information content (AvgIpc) is 2.84. The SMILES string of the molecule is Nc1ccn2nc(-c3ccco3)nc2c1. The molecule has 0 saturated carbocycles. The van der Waals surface area contributed by atoms with Crippen molar-refractivity contribution in [2.45, 2.75) is 0 Å². The molecule has 74 valence electrons. The van der Waals surface area contributed by atoms with E-state index in [2.05, 4.69) is 10.1 Å². The Morgan fingerprint density at radius 3 is 3.07 bits per heavy atom. The number of fused-ring (bicyclic) bond motifs is 1. The maximum atomic E-state index is 5.65. The lowest BCUT2D eigenvalue weighted by Gasteiger charge is -1.91. The van der Waals surface area contributed by atoms with Gasteiger partial charge in [-0.05, 0) is 18.2 Å². The monoisotopic (exact) mass is 200 g/mol. The minimum atomic E-state index is 0.561. The summed E-state index contributed by atoms with van der Waals surface area (Å²) in [6.45, 7) is 0. The number of pyridine rings is 1. The maximum absolute atomic E-state index is 5.65. The summed E-state index contributed by atoms with van der Waals surface area (Å²) < 4.78 is 6.87. The molecule has 0 fully saturated rings. The molecule has 0 aliphatic heterocycles. The van der Waals surface area contributed by atoms with Crippen LogP contribution in [-0.4, -0.2) is 14.6 Å². The molecule has 0 spiro atoms. The first-order chi connectivity index (χ1) is 7.33. The Bertz CT molecular complexity index is 597. The van der Waals surface area contributed by atoms with Gasteiger partial charge in [-0.15, -0.1) is 5.10 Å². The number of nitrogen functional groups attached to an aromatic ring is 1. The molecular formula is C10H8N4O. The lowest BCUT2D eigenvalue weighted by molar-refractivity contribution is 0.577. The largest absolute Gasteiger partial charge is 0.461 e. The van der Waals surface area contributed by atoms with E-state index in [1.165, 1.54) is 0 Å². The molecule has 3 aromatic heterocycles. The first kappa shape index (κ1) is 8.05. The van der Waals surface area contributed by atoms with Crippen LogP contribution in [0, 0.1) is 0 Å². The fraction of sp³-hybridized carbons (Fsp3) is 0. The van der Waals surface area contributed by atoms with Crippen molar-refractivity contribution in [3.05, 3.63) is 36.7 Å². The van der Waals surface area contributed by atoms with Crippen molar-refractivity contribution < 1.29 is 4.42 Å². The molecule has 5 heteroatoms. The molecule has 0 aromatic carbocycles. The van der Waals surface area contributed by atoms with Gasteiger partial charge in [0.2, 0.25) is 5.82 Å². The van der Waals surface area contributed by atoms with Gasteiger partial charge in [0.15, 0.2) is 11.4 Å². The Labute approximate surface area is 85.1 Å². The van der Waals surface area contributed by atoms with Crippen molar-refractivity contribution >= 4 is 11.3 Å². The number of nitrogens with two attached hydrogens (primary N) is 1. The Kier molecular flexibility index (Phi) is 1.53. The molecule has 5 nitrogen and oxygen atoms in total. The van der Waals surface area contributed by atoms with Crippen molar-refractivity contribution in [3.8, 4) is 11.6 Å². The highest BCUT2D eigenvalue weighted by molar-refractivity contribution is 5.56. The van der Waals surface area contributed by atoms with Crippen molar-refractivity contribution in [2.75, 3.05) is 5.73 Å². The smallest absolute Gasteiger partial charge is 0.217 e. The predicted molar refractivity (Wildman–Crippen MR) is 55.1 cm³/mol. The highest BCUT2D eigenvalue weighted by Crippen LogP contribution is 2.17. The molecular weight excluding hydrogens is 192 g/mol. The summed E-state index contributed by atoms with van der Waals surface area (Å²) in [6, 6.07) is 7.15. The van der Waals surface area contributed by atoms with Crippen LogP contribution in [0.1, 0.15) is 0 Å². The van der Waals surface area contributed by atoms with Gasteiger partial charge in [-0.25, -0.2) is 9.50 Å². The second-order valence-corrected chi connectivity index (χ2v) is 3.18. The van der Waals surface area contributed by atoms with E-state index in [-0.39, 0.29) is 0 Å². The van der Waals surface area contributed by atoms with E-state index in [0.29, 0.717) is 22.9 Å². The summed E-state index contributed by atoms with van der Waals surface area (Å²) >= 11 is 0. The number of nitrogens with zero attached hydrogens (tertiary/aromatic N) is 3. The van der Waals surface area contributed by atoms with E-state index in [1.807, 2.05) is 6.07 Å². The van der Waals surface area contributed by atoms with E-state index >= 15 is 0 Å². The van der Waals surface area contributed by atoms with Gasteiger partial charge in [0.25, 0.3) is 0 Å². The molecule has 0 bridgehead atoms. The van der Waals surface area contributed by atoms with E-state index in [1.54, 1.807) is 35.2 Å². The minimum absolute atomic E-state index is 0.561. The molecule has 0 unspecified atom stereocenters. The molecule has 0 aliphatic rings. The molecule has 3 rings (SSSR count). The molecule has 0 aliphatic carbocycles. The van der Waals surface area contributed by atoms with Crippen LogP contribution in [0.2, 0.25) is 0 Å². The highest BCUT2D eigenvalue weighted by atomic mass is 16.3. The van der Waals surface area contributed by atoms with Crippen LogP contribution >= 0.6 is 0 Å². The molecule has 0 amide bonds. The van der Waals surface area contributed by atoms with Crippen LogP contribution in [0.5, 0.6) is 0 Å². The molecule has 15 heavy (non-hydrogen) atoms. The Morgan fingerprint density at radius 1 is 1.33 bits per heavy atom. The zero-order valence-corrected chi connectivity index (χ0v) is 7.79. The molecule has 3 heterocycles. The van der Waals surface area contributed by atoms with Gasteiger partial charge in [-0.3, -0.25) is 0 Å². The average molecular weight is 200 g/mol. The summed E-state index contributed by atoms with van der Waals surface area (Å²) in [7, 11) is 0. The number of hydrogen-bond donors (Lipinski definition) is 1. The zero-order valence-electron chi connectivity index (χ0n) is 7.79. The maximum Gasteiger partial charge on any atom is 0.217 e. The van der Waals surface area contributed by atoms with Crippen molar-refractivity contribution in [1.82, 2.24) is 14.6 Å². The fourth-order valence-electron chi connectivity index (χ4n) is 1.41. The highest BCUT2D eigenvalue weighted by Gasteiger charge is 2.07. The molecule has 3 aromatic rings. The third-order valence-corrected chi connectivity index (χ3v) is 2.10. The van der Waals surface area contributed by atoms with Gasteiger partial charge in [0.1, 0.15) is 0 Å². The Balaban J connectivity index is 2.22. The topological polar surface area (TPSA) is 69.3 Å². The van der Waals surface area contributed by atoms with Crippen LogP contribution in [-0.2, 0) is 0 Å². The predicted octanol–water partition coefficient (Wildman–Crippen LogP) is 1.57. The molecule has 0 saturated heterocycles. The second-order valence-electron chi connectivity index (χ2n) is 3.18. The minimum Gasteiger partial charge on any atom is -0.461 e. The van der Waals surface area contributed by atoms with Gasteiger partial charge in [0.05, 0.1) is 6.26 Å². The normalized spacial score (nSPS) is 10.9. The lowest BCUT2D eigenvalue weighted by Crippen LogP contribution is -1.89. The lowest BCUT2D eigenvalue weighted by atomic mass is 10.4. The quantitative estimate of drug-likeness (QED) is 0.647. The standard InChI is InChI=1S/C10H8N4O/c11-7-3-4-14-9(6-7)12-10(13-14)8-2-1-5-15-8/h1-6H,11H2. The van der Waals surface area contributed by atoms with Gasteiger partial charge in [-0.1, -0.05) is 0 Å². The summed E-state index contributed by atoms with van der Waals surface area (Å²) in [4.78, 5) is 4.29. The molecule has 2 N–H and O–H groups in total. The third-order valence-electron chi connectivity index (χ3n) is 2.10. The molecule has 0 atom stereocenters. The first-order valence-electron chi connectivity index (χ1n) is 4.49. The Morgan fingerprint density at radius 2 is 2.27 bits per heavy atom. The van der Waals surface area contributed by atoms with Crippen LogP contribution in [0.25, 0.3) is 17.2 Å². The third kappa shape index (κ3) is 1.25. The van der Waals surface area contributed by atoms with Crippen molar-refractivity contribution in [2.24, 2.45) is 0 Å². The number of aromatic nitrogens is 3.